The standard InChI is InChI=1S/C28H26N2/c1-28(2,3)20-12-14-21(15-13-20)29-22-16-18-23(19-17-22)30-26-10-6-4-8-24(26)25-9-5-7-11-27(25)30/h4-19,29H,1-3H3. The van der Waals surface area contributed by atoms with E-state index in [-0.39, 0.29) is 5.41 Å². The summed E-state index contributed by atoms with van der Waals surface area (Å²) in [5.74, 6) is 0. The number of anilines is 2. The van der Waals surface area contributed by atoms with Crippen LogP contribution in [0.5, 0.6) is 0 Å². The first kappa shape index (κ1) is 18.5. The predicted molar refractivity (Wildman–Crippen MR) is 129 cm³/mol. The second-order valence-electron chi connectivity index (χ2n) is 8.87. The normalized spacial score (nSPS) is 11.8. The Bertz CT molecular complexity index is 1260. The molecule has 0 unspecified atom stereocenters. The molecule has 1 heterocycles. The molecule has 30 heavy (non-hydrogen) atoms. The van der Waals surface area contributed by atoms with E-state index in [4.69, 9.17) is 0 Å². The lowest BCUT2D eigenvalue weighted by Gasteiger charge is -2.19. The summed E-state index contributed by atoms with van der Waals surface area (Å²) in [5.41, 5.74) is 7.34. The maximum Gasteiger partial charge on any atom is 0.0541 e. The highest BCUT2D eigenvalue weighted by Gasteiger charge is 2.13. The summed E-state index contributed by atoms with van der Waals surface area (Å²) in [6.45, 7) is 6.72. The summed E-state index contributed by atoms with van der Waals surface area (Å²) < 4.78 is 2.34. The van der Waals surface area contributed by atoms with Gasteiger partial charge >= 0.3 is 0 Å². The minimum atomic E-state index is 0.169. The molecule has 1 aromatic heterocycles. The van der Waals surface area contributed by atoms with Gasteiger partial charge in [-0.3, -0.25) is 0 Å². The zero-order valence-corrected chi connectivity index (χ0v) is 17.7. The van der Waals surface area contributed by atoms with Crippen molar-refractivity contribution in [1.82, 2.24) is 4.57 Å². The largest absolute Gasteiger partial charge is 0.356 e. The fourth-order valence-electron chi connectivity index (χ4n) is 4.11. The van der Waals surface area contributed by atoms with Crippen LogP contribution >= 0.6 is 0 Å². The summed E-state index contributed by atoms with van der Waals surface area (Å²) in [6, 6.07) is 34.6. The van der Waals surface area contributed by atoms with Gasteiger partial charge in [-0.05, 0) is 59.5 Å². The smallest absolute Gasteiger partial charge is 0.0541 e. The van der Waals surface area contributed by atoms with Crippen LogP contribution in [0.15, 0.2) is 97.1 Å². The Morgan fingerprint density at radius 2 is 1.03 bits per heavy atom. The van der Waals surface area contributed by atoms with Crippen molar-refractivity contribution in [2.24, 2.45) is 0 Å². The summed E-state index contributed by atoms with van der Waals surface area (Å²) in [5, 5.41) is 6.09. The molecular formula is C28H26N2. The van der Waals surface area contributed by atoms with Gasteiger partial charge in [-0.1, -0.05) is 69.3 Å². The van der Waals surface area contributed by atoms with Gasteiger partial charge in [-0.2, -0.15) is 0 Å². The number of hydrogen-bond donors (Lipinski definition) is 1. The van der Waals surface area contributed by atoms with Crippen LogP contribution in [-0.4, -0.2) is 4.57 Å². The Hall–Kier alpha value is -3.52. The monoisotopic (exact) mass is 390 g/mol. The lowest BCUT2D eigenvalue weighted by molar-refractivity contribution is 0.590. The third-order valence-corrected chi connectivity index (χ3v) is 5.75. The van der Waals surface area contributed by atoms with Crippen LogP contribution in [0.1, 0.15) is 26.3 Å². The minimum absolute atomic E-state index is 0.169. The quantitative estimate of drug-likeness (QED) is 0.332. The van der Waals surface area contributed by atoms with Crippen LogP contribution in [-0.2, 0) is 5.41 Å². The fraction of sp³-hybridized carbons (Fsp3) is 0.143. The third kappa shape index (κ3) is 3.25. The van der Waals surface area contributed by atoms with Gasteiger partial charge in [0, 0.05) is 27.8 Å². The van der Waals surface area contributed by atoms with Crippen molar-refractivity contribution < 1.29 is 0 Å². The fourth-order valence-corrected chi connectivity index (χ4v) is 4.11. The Balaban J connectivity index is 1.48. The minimum Gasteiger partial charge on any atom is -0.356 e. The predicted octanol–water partition coefficient (Wildman–Crippen LogP) is 7.82. The van der Waals surface area contributed by atoms with Crippen LogP contribution in [0.2, 0.25) is 0 Å². The Kier molecular flexibility index (Phi) is 4.36. The van der Waals surface area contributed by atoms with Crippen LogP contribution in [0.3, 0.4) is 0 Å². The van der Waals surface area contributed by atoms with Crippen LogP contribution < -0.4 is 5.32 Å². The van der Waals surface area contributed by atoms with Crippen LogP contribution in [0.4, 0.5) is 11.4 Å². The molecule has 0 aliphatic heterocycles. The second-order valence-corrected chi connectivity index (χ2v) is 8.87. The zero-order chi connectivity index (χ0) is 20.7. The van der Waals surface area contributed by atoms with Gasteiger partial charge in [0.05, 0.1) is 11.0 Å². The van der Waals surface area contributed by atoms with Crippen molar-refractivity contribution in [3.63, 3.8) is 0 Å². The first-order valence-electron chi connectivity index (χ1n) is 10.5. The summed E-state index contributed by atoms with van der Waals surface area (Å²) in [6.07, 6.45) is 0. The van der Waals surface area contributed by atoms with Gasteiger partial charge in [0.25, 0.3) is 0 Å². The molecule has 0 fully saturated rings. The summed E-state index contributed by atoms with van der Waals surface area (Å²) in [4.78, 5) is 0. The van der Waals surface area contributed by atoms with E-state index in [9.17, 15) is 0 Å². The molecule has 0 saturated heterocycles. The van der Waals surface area contributed by atoms with E-state index in [0.717, 1.165) is 11.4 Å². The molecule has 1 N–H and O–H groups in total. The van der Waals surface area contributed by atoms with Gasteiger partial charge < -0.3 is 9.88 Å². The highest BCUT2D eigenvalue weighted by atomic mass is 15.0. The molecule has 2 nitrogen and oxygen atoms in total. The van der Waals surface area contributed by atoms with E-state index in [1.165, 1.54) is 33.1 Å². The van der Waals surface area contributed by atoms with E-state index in [1.54, 1.807) is 0 Å². The van der Waals surface area contributed by atoms with E-state index in [0.29, 0.717) is 0 Å². The molecule has 0 aliphatic rings. The lowest BCUT2D eigenvalue weighted by Crippen LogP contribution is -2.10. The highest BCUT2D eigenvalue weighted by Crippen LogP contribution is 2.32. The first-order chi connectivity index (χ1) is 14.5. The zero-order valence-electron chi connectivity index (χ0n) is 17.7. The molecule has 5 aromatic rings. The molecule has 0 atom stereocenters. The number of para-hydroxylation sites is 2. The molecule has 0 saturated carbocycles. The first-order valence-corrected chi connectivity index (χ1v) is 10.5. The van der Waals surface area contributed by atoms with Gasteiger partial charge in [0.15, 0.2) is 0 Å². The van der Waals surface area contributed by atoms with Gasteiger partial charge in [-0.15, -0.1) is 0 Å². The summed E-state index contributed by atoms with van der Waals surface area (Å²) >= 11 is 0. The highest BCUT2D eigenvalue weighted by molar-refractivity contribution is 6.09. The number of aromatic nitrogens is 1. The molecule has 0 aliphatic carbocycles. The molecule has 4 aromatic carbocycles. The van der Waals surface area contributed by atoms with Gasteiger partial charge in [0.1, 0.15) is 0 Å². The Morgan fingerprint density at radius 3 is 1.53 bits per heavy atom. The second kappa shape index (κ2) is 7.07. The van der Waals surface area contributed by atoms with Crippen molar-refractivity contribution in [3.8, 4) is 5.69 Å². The van der Waals surface area contributed by atoms with Crippen molar-refractivity contribution in [2.75, 3.05) is 5.32 Å². The Labute approximate surface area is 177 Å². The molecule has 0 amide bonds. The SMILES string of the molecule is CC(C)(C)c1ccc(Nc2ccc(-n3c4ccccc4c4ccccc43)cc2)cc1. The average Bonchev–Trinajstić information content (AvgIpc) is 3.09. The number of nitrogens with zero attached hydrogens (tertiary/aromatic N) is 1. The molecule has 0 bridgehead atoms. The van der Waals surface area contributed by atoms with Crippen molar-refractivity contribution >= 4 is 33.2 Å². The van der Waals surface area contributed by atoms with Gasteiger partial charge in [0.2, 0.25) is 0 Å². The molecule has 2 heteroatoms. The molecular weight excluding hydrogens is 364 g/mol. The number of benzene rings is 4. The van der Waals surface area contributed by atoms with E-state index < -0.39 is 0 Å². The maximum atomic E-state index is 3.52. The van der Waals surface area contributed by atoms with E-state index in [2.05, 4.69) is 128 Å². The topological polar surface area (TPSA) is 17.0 Å². The number of nitrogens with one attached hydrogen (secondary N) is 1. The summed E-state index contributed by atoms with van der Waals surface area (Å²) in [7, 11) is 0. The van der Waals surface area contributed by atoms with Gasteiger partial charge in [-0.25, -0.2) is 0 Å². The van der Waals surface area contributed by atoms with Crippen molar-refractivity contribution in [1.29, 1.82) is 0 Å². The number of hydrogen-bond acceptors (Lipinski definition) is 1. The molecule has 148 valence electrons. The van der Waals surface area contributed by atoms with Crippen molar-refractivity contribution in [2.45, 2.75) is 26.2 Å². The van der Waals surface area contributed by atoms with E-state index in [1.807, 2.05) is 0 Å². The Morgan fingerprint density at radius 1 is 0.567 bits per heavy atom. The molecule has 5 rings (SSSR count). The maximum absolute atomic E-state index is 3.52. The molecule has 0 radical (unpaired) electrons. The third-order valence-electron chi connectivity index (χ3n) is 5.75. The van der Waals surface area contributed by atoms with Crippen molar-refractivity contribution in [3.05, 3.63) is 103 Å². The van der Waals surface area contributed by atoms with E-state index >= 15 is 0 Å². The molecule has 0 spiro atoms. The van der Waals surface area contributed by atoms with Crippen LogP contribution in [0, 0.1) is 0 Å². The van der Waals surface area contributed by atoms with Crippen LogP contribution in [0.25, 0.3) is 27.5 Å². The number of fused-ring (bicyclic) bond motifs is 3. The average molecular weight is 391 g/mol. The lowest BCUT2D eigenvalue weighted by atomic mass is 9.87. The number of rotatable bonds is 3.